The maximum absolute atomic E-state index is 6.43. The van der Waals surface area contributed by atoms with Crippen molar-refractivity contribution in [1.29, 1.82) is 0 Å². The van der Waals surface area contributed by atoms with E-state index < -0.39 is 5.41 Å². The Labute approximate surface area is 416 Å². The lowest BCUT2D eigenvalue weighted by molar-refractivity contribution is 0.669. The van der Waals surface area contributed by atoms with Crippen molar-refractivity contribution in [3.63, 3.8) is 0 Å². The third kappa shape index (κ3) is 6.69. The quantitative estimate of drug-likeness (QED) is 0.158. The molecule has 0 aliphatic heterocycles. The summed E-state index contributed by atoms with van der Waals surface area (Å²) in [7, 11) is 0. The minimum atomic E-state index is -0.571. The molecule has 11 aromatic carbocycles. The smallest absolute Gasteiger partial charge is 0.135 e. The number of fused-ring (bicyclic) bond motifs is 8. The van der Waals surface area contributed by atoms with Crippen LogP contribution in [0.25, 0.3) is 76.9 Å². The second-order valence-corrected chi connectivity index (χ2v) is 20.0. The van der Waals surface area contributed by atoms with Crippen molar-refractivity contribution in [2.75, 3.05) is 4.90 Å². The zero-order valence-electron chi connectivity index (χ0n) is 41.1. The third-order valence-electron chi connectivity index (χ3n) is 15.4. The topological polar surface area (TPSA) is 16.4 Å². The molecule has 1 heterocycles. The van der Waals surface area contributed by atoms with E-state index in [9.17, 15) is 0 Å². The van der Waals surface area contributed by atoms with Crippen LogP contribution < -0.4 is 4.90 Å². The number of para-hydroxylation sites is 1. The van der Waals surface area contributed by atoms with Gasteiger partial charge in [-0.2, -0.15) is 0 Å². The van der Waals surface area contributed by atoms with Crippen LogP contribution in [0.1, 0.15) is 55.6 Å². The molecule has 0 bridgehead atoms. The van der Waals surface area contributed by atoms with E-state index in [-0.39, 0.29) is 0 Å². The molecule has 1 aliphatic rings. The minimum absolute atomic E-state index is 0.571. The molecular weight excluding hydrogens is 859 g/mol. The highest BCUT2D eigenvalue weighted by atomic mass is 16.3. The van der Waals surface area contributed by atoms with Crippen LogP contribution in [-0.2, 0) is 5.41 Å². The summed E-state index contributed by atoms with van der Waals surface area (Å²) in [5, 5.41) is 7.17. The van der Waals surface area contributed by atoms with Crippen LogP contribution in [-0.4, -0.2) is 0 Å². The summed E-state index contributed by atoms with van der Waals surface area (Å²) in [5.74, 6) is 0. The molecule has 340 valence electrons. The summed E-state index contributed by atoms with van der Waals surface area (Å²) >= 11 is 0. The number of hydrogen-bond donors (Lipinski definition) is 0. The van der Waals surface area contributed by atoms with Gasteiger partial charge in [-0.3, -0.25) is 0 Å². The van der Waals surface area contributed by atoms with Gasteiger partial charge >= 0.3 is 0 Å². The van der Waals surface area contributed by atoms with Gasteiger partial charge in [0.1, 0.15) is 11.2 Å². The molecular formula is C69H53NO. The fourth-order valence-electron chi connectivity index (χ4n) is 12.8. The molecule has 71 heavy (non-hydrogen) atoms. The van der Waals surface area contributed by atoms with Crippen LogP contribution in [0.4, 0.5) is 17.1 Å². The molecule has 0 fully saturated rings. The highest BCUT2D eigenvalue weighted by molar-refractivity contribution is 6.07. The molecule has 0 amide bonds. The normalized spacial score (nSPS) is 12.8. The molecule has 0 saturated heterocycles. The van der Waals surface area contributed by atoms with Crippen LogP contribution >= 0.6 is 0 Å². The Morgan fingerprint density at radius 1 is 0.352 bits per heavy atom. The van der Waals surface area contributed by atoms with Crippen LogP contribution in [0.2, 0.25) is 0 Å². The van der Waals surface area contributed by atoms with Gasteiger partial charge in [-0.1, -0.05) is 163 Å². The van der Waals surface area contributed by atoms with E-state index in [2.05, 4.69) is 253 Å². The van der Waals surface area contributed by atoms with E-state index in [1.807, 2.05) is 6.07 Å². The number of aryl methyl sites for hydroxylation is 6. The predicted molar refractivity (Wildman–Crippen MR) is 300 cm³/mol. The Kier molecular flexibility index (Phi) is 9.80. The molecule has 1 aliphatic carbocycles. The van der Waals surface area contributed by atoms with Crippen LogP contribution in [0, 0.1) is 41.5 Å². The van der Waals surface area contributed by atoms with Crippen molar-refractivity contribution in [1.82, 2.24) is 0 Å². The Morgan fingerprint density at radius 3 is 1.51 bits per heavy atom. The van der Waals surface area contributed by atoms with E-state index in [0.29, 0.717) is 0 Å². The van der Waals surface area contributed by atoms with Crippen molar-refractivity contribution in [2.24, 2.45) is 0 Å². The first-order chi connectivity index (χ1) is 34.6. The zero-order chi connectivity index (χ0) is 48.1. The first kappa shape index (κ1) is 42.6. The number of rotatable bonds is 7. The summed E-state index contributed by atoms with van der Waals surface area (Å²) in [6.07, 6.45) is 0. The largest absolute Gasteiger partial charge is 0.456 e. The minimum Gasteiger partial charge on any atom is -0.456 e. The highest BCUT2D eigenvalue weighted by Crippen LogP contribution is 2.62. The second kappa shape index (κ2) is 16.3. The Bertz CT molecular complexity index is 4030. The van der Waals surface area contributed by atoms with Gasteiger partial charge in [0, 0.05) is 27.7 Å². The molecule has 0 radical (unpaired) electrons. The van der Waals surface area contributed by atoms with Gasteiger partial charge in [-0.15, -0.1) is 0 Å². The lowest BCUT2D eigenvalue weighted by Gasteiger charge is -2.39. The van der Waals surface area contributed by atoms with Gasteiger partial charge in [0.2, 0.25) is 0 Å². The van der Waals surface area contributed by atoms with E-state index >= 15 is 0 Å². The van der Waals surface area contributed by atoms with Gasteiger partial charge in [0.05, 0.1) is 11.1 Å². The number of nitrogens with zero attached hydrogens (tertiary/aromatic N) is 1. The van der Waals surface area contributed by atoms with Gasteiger partial charge in [0.25, 0.3) is 0 Å². The summed E-state index contributed by atoms with van der Waals surface area (Å²) in [6.45, 7) is 13.7. The average molecular weight is 912 g/mol. The number of anilines is 3. The van der Waals surface area contributed by atoms with Crippen molar-refractivity contribution < 1.29 is 4.42 Å². The van der Waals surface area contributed by atoms with Crippen molar-refractivity contribution in [3.05, 3.63) is 268 Å². The Hall–Kier alpha value is -8.46. The van der Waals surface area contributed by atoms with Crippen LogP contribution in [0.15, 0.2) is 217 Å². The van der Waals surface area contributed by atoms with Crippen molar-refractivity contribution in [3.8, 4) is 33.4 Å². The maximum Gasteiger partial charge on any atom is 0.135 e. The van der Waals surface area contributed by atoms with E-state index in [4.69, 9.17) is 4.42 Å². The number of hydrogen-bond acceptors (Lipinski definition) is 2. The van der Waals surface area contributed by atoms with Crippen molar-refractivity contribution >= 4 is 60.5 Å². The third-order valence-corrected chi connectivity index (χ3v) is 15.4. The second-order valence-electron chi connectivity index (χ2n) is 20.0. The monoisotopic (exact) mass is 911 g/mol. The van der Waals surface area contributed by atoms with Gasteiger partial charge in [-0.25, -0.2) is 0 Å². The molecule has 0 spiro atoms. The Morgan fingerprint density at radius 2 is 0.845 bits per heavy atom. The van der Waals surface area contributed by atoms with Gasteiger partial charge in [-0.05, 0) is 196 Å². The molecule has 0 saturated carbocycles. The van der Waals surface area contributed by atoms with Gasteiger partial charge < -0.3 is 9.32 Å². The van der Waals surface area contributed by atoms with Gasteiger partial charge in [0.15, 0.2) is 0 Å². The highest BCUT2D eigenvalue weighted by Gasteiger charge is 2.50. The summed E-state index contributed by atoms with van der Waals surface area (Å²) in [5.41, 5.74) is 24.9. The molecule has 13 rings (SSSR count). The standard InChI is InChI=1S/C69H53NO/c1-42-34-44(3)67(45(4)35-42)69(68-46(5)36-43(2)37-47(68)6)61-18-11-9-17-59(61)66-62(69)19-13-20-63(66)70(57-32-33-65-60(41-57)58-16-10-12-21-64(58)71-65)56-30-28-49(29-31-56)51-24-25-54-40-55(27-26-53(54)39-51)52-23-22-48-14-7-8-15-50(48)38-52/h7-41H,1-6H3. The molecule has 12 aromatic rings. The first-order valence-electron chi connectivity index (χ1n) is 24.9. The Balaban J connectivity index is 0.999. The SMILES string of the molecule is Cc1cc(C)c(C2(c3c(C)cc(C)cc3C)c3ccccc3-c3c(N(c4ccc(-c5ccc6cc(-c7ccc8ccccc8c7)ccc6c5)cc4)c4ccc5oc6ccccc6c5c4)cccc32)c(C)c1. The van der Waals surface area contributed by atoms with Crippen molar-refractivity contribution in [2.45, 2.75) is 47.0 Å². The van der Waals surface area contributed by atoms with E-state index in [1.54, 1.807) is 0 Å². The summed E-state index contributed by atoms with van der Waals surface area (Å²) in [4.78, 5) is 2.48. The lowest BCUT2D eigenvalue weighted by Crippen LogP contribution is -2.32. The first-order valence-corrected chi connectivity index (χ1v) is 24.9. The molecule has 1 aromatic heterocycles. The average Bonchev–Trinajstić information content (AvgIpc) is 3.89. The molecule has 2 heteroatoms. The zero-order valence-corrected chi connectivity index (χ0v) is 41.1. The lowest BCUT2D eigenvalue weighted by atomic mass is 9.63. The predicted octanol–water partition coefficient (Wildman–Crippen LogP) is 18.9. The fraction of sp³-hybridized carbons (Fsp3) is 0.101. The molecule has 0 atom stereocenters. The van der Waals surface area contributed by atoms with Crippen LogP contribution in [0.3, 0.4) is 0 Å². The maximum atomic E-state index is 6.43. The molecule has 0 unspecified atom stereocenters. The summed E-state index contributed by atoms with van der Waals surface area (Å²) < 4.78 is 6.43. The van der Waals surface area contributed by atoms with E-state index in [1.165, 1.54) is 111 Å². The van der Waals surface area contributed by atoms with Crippen LogP contribution in [0.5, 0.6) is 0 Å². The fourth-order valence-corrected chi connectivity index (χ4v) is 12.8. The molecule has 0 N–H and O–H groups in total. The number of benzene rings is 11. The molecule has 2 nitrogen and oxygen atoms in total. The number of furan rings is 1. The summed E-state index contributed by atoms with van der Waals surface area (Å²) in [6, 6.07) is 79.0. The van der Waals surface area contributed by atoms with E-state index in [0.717, 1.165) is 39.0 Å².